The third kappa shape index (κ3) is 4.90. The first kappa shape index (κ1) is 28.8. The van der Waals surface area contributed by atoms with E-state index in [1.165, 1.54) is 5.56 Å². The smallest absolute Gasteiger partial charge is 0.340 e. The molecule has 1 saturated carbocycles. The average molecular weight is 571 g/mol. The summed E-state index contributed by atoms with van der Waals surface area (Å²) >= 11 is 0. The lowest BCUT2D eigenvalue weighted by Gasteiger charge is -2.66. The third-order valence-electron chi connectivity index (χ3n) is 10.5. The fraction of sp³-hybridized carbons (Fsp3) is 0.514. The molecule has 2 bridgehead atoms. The van der Waals surface area contributed by atoms with E-state index >= 15 is 0 Å². The quantitative estimate of drug-likeness (QED) is 0.263. The van der Waals surface area contributed by atoms with E-state index in [-0.39, 0.29) is 41.5 Å². The van der Waals surface area contributed by atoms with E-state index in [1.807, 2.05) is 6.07 Å². The van der Waals surface area contributed by atoms with Crippen LogP contribution in [0.1, 0.15) is 74.2 Å². The van der Waals surface area contributed by atoms with Gasteiger partial charge < -0.3 is 14.7 Å². The Morgan fingerprint density at radius 2 is 1.79 bits per heavy atom. The maximum absolute atomic E-state index is 13.7. The van der Waals surface area contributed by atoms with Crippen molar-refractivity contribution in [3.63, 3.8) is 0 Å². The molecule has 0 spiro atoms. The van der Waals surface area contributed by atoms with Crippen LogP contribution in [0, 0.1) is 16.7 Å². The largest absolute Gasteiger partial charge is 0.461 e. The van der Waals surface area contributed by atoms with E-state index in [2.05, 4.69) is 41.3 Å². The Morgan fingerprint density at radius 3 is 2.57 bits per heavy atom. The van der Waals surface area contributed by atoms with Crippen LogP contribution in [0.5, 0.6) is 0 Å². The summed E-state index contributed by atoms with van der Waals surface area (Å²) in [7, 11) is 0. The topological polar surface area (TPSA) is 87.2 Å². The number of para-hydroxylation sites is 1. The highest BCUT2D eigenvalue weighted by Crippen LogP contribution is 2.62. The molecule has 3 fully saturated rings. The van der Waals surface area contributed by atoms with E-state index in [9.17, 15) is 19.5 Å². The fourth-order valence-electron chi connectivity index (χ4n) is 8.35. The molecule has 6 rings (SSSR count). The molecule has 7 heteroatoms. The molecule has 222 valence electrons. The number of benzene rings is 2. The number of aryl methyl sites for hydroxylation is 1. The van der Waals surface area contributed by atoms with Crippen LogP contribution in [0.4, 0.5) is 5.69 Å². The van der Waals surface area contributed by atoms with E-state index in [0.29, 0.717) is 13.0 Å². The fourth-order valence-corrected chi connectivity index (χ4v) is 8.35. The van der Waals surface area contributed by atoms with Crippen LogP contribution in [0.3, 0.4) is 0 Å². The van der Waals surface area contributed by atoms with Gasteiger partial charge in [-0.3, -0.25) is 9.59 Å². The molecule has 2 aromatic carbocycles. The molecule has 7 nitrogen and oxygen atoms in total. The van der Waals surface area contributed by atoms with Crippen molar-refractivity contribution in [1.82, 2.24) is 4.90 Å². The number of ether oxygens (including phenoxy) is 1. The molecule has 2 heterocycles. The van der Waals surface area contributed by atoms with Crippen LogP contribution in [0.2, 0.25) is 0 Å². The normalized spacial score (nSPS) is 31.1. The van der Waals surface area contributed by atoms with Crippen molar-refractivity contribution in [3.8, 4) is 0 Å². The molecular formula is C35H42N2O5. The summed E-state index contributed by atoms with van der Waals surface area (Å²) < 4.78 is 6.12. The number of anilines is 1. The highest BCUT2D eigenvalue weighted by Gasteiger charge is 2.67. The third-order valence-corrected chi connectivity index (χ3v) is 10.5. The Bertz CT molecular complexity index is 1370. The zero-order valence-electron chi connectivity index (χ0n) is 24.6. The van der Waals surface area contributed by atoms with Crippen LogP contribution in [0.25, 0.3) is 0 Å². The number of carbonyl (C=O) groups excluding carboxylic acids is 3. The van der Waals surface area contributed by atoms with E-state index < -0.39 is 22.9 Å². The average Bonchev–Trinajstić information content (AvgIpc) is 3.11. The van der Waals surface area contributed by atoms with Crippen LogP contribution >= 0.6 is 0 Å². The highest BCUT2D eigenvalue weighted by atomic mass is 16.5. The molecule has 2 aromatic rings. The van der Waals surface area contributed by atoms with Gasteiger partial charge in [-0.25, -0.2) is 9.69 Å². The van der Waals surface area contributed by atoms with Crippen molar-refractivity contribution >= 4 is 23.5 Å². The van der Waals surface area contributed by atoms with Gasteiger partial charge in [0.25, 0.3) is 0 Å². The molecule has 2 aliphatic carbocycles. The van der Waals surface area contributed by atoms with Gasteiger partial charge in [0.15, 0.2) is 0 Å². The van der Waals surface area contributed by atoms with Gasteiger partial charge in [0, 0.05) is 36.3 Å². The number of hydrogen-bond donors (Lipinski definition) is 1. The molecule has 1 unspecified atom stereocenters. The second kappa shape index (κ2) is 11.4. The number of aliphatic hydroxyl groups is 1. The first-order chi connectivity index (χ1) is 20.3. The van der Waals surface area contributed by atoms with Gasteiger partial charge in [-0.1, -0.05) is 68.0 Å². The second-order valence-corrected chi connectivity index (χ2v) is 13.1. The molecule has 2 amide bonds. The number of piperidine rings is 1. The molecule has 0 radical (unpaired) electrons. The second-order valence-electron chi connectivity index (χ2n) is 13.1. The highest BCUT2D eigenvalue weighted by molar-refractivity contribution is 6.22. The summed E-state index contributed by atoms with van der Waals surface area (Å²) in [6.45, 7) is 4.28. The lowest BCUT2D eigenvalue weighted by molar-refractivity contribution is -0.255. The minimum absolute atomic E-state index is 0.0970. The van der Waals surface area contributed by atoms with E-state index in [4.69, 9.17) is 4.74 Å². The maximum Gasteiger partial charge on any atom is 0.340 e. The number of likely N-dealkylation sites (tertiary alicyclic amines) is 1. The Hall–Kier alpha value is -3.29. The van der Waals surface area contributed by atoms with Crippen LogP contribution in [0.15, 0.2) is 66.7 Å². The predicted octanol–water partition coefficient (Wildman–Crippen LogP) is 5.32. The van der Waals surface area contributed by atoms with Crippen molar-refractivity contribution in [3.05, 3.63) is 77.9 Å². The number of esters is 1. The van der Waals surface area contributed by atoms with Gasteiger partial charge in [0.1, 0.15) is 6.61 Å². The number of nitrogens with zero attached hydrogens (tertiary/aromatic N) is 2. The Kier molecular flexibility index (Phi) is 7.83. The van der Waals surface area contributed by atoms with Gasteiger partial charge in [0.2, 0.25) is 11.8 Å². The molecule has 2 saturated heterocycles. The van der Waals surface area contributed by atoms with Gasteiger partial charge in [-0.2, -0.15) is 0 Å². The van der Waals surface area contributed by atoms with Crippen LogP contribution < -0.4 is 4.90 Å². The number of carbonyl (C=O) groups is 3. The van der Waals surface area contributed by atoms with Crippen LogP contribution in [-0.4, -0.2) is 59.6 Å². The summed E-state index contributed by atoms with van der Waals surface area (Å²) in [5.41, 5.74) is -0.0285. The van der Waals surface area contributed by atoms with Crippen molar-refractivity contribution in [2.45, 2.75) is 70.3 Å². The van der Waals surface area contributed by atoms with Gasteiger partial charge >= 0.3 is 5.97 Å². The summed E-state index contributed by atoms with van der Waals surface area (Å²) in [4.78, 5) is 42.8. The summed E-state index contributed by atoms with van der Waals surface area (Å²) in [5, 5.41) is 12.7. The van der Waals surface area contributed by atoms with Crippen molar-refractivity contribution in [1.29, 1.82) is 0 Å². The first-order valence-corrected chi connectivity index (χ1v) is 15.5. The van der Waals surface area contributed by atoms with Crippen molar-refractivity contribution in [2.24, 2.45) is 16.7 Å². The minimum atomic E-state index is -0.975. The zero-order valence-corrected chi connectivity index (χ0v) is 24.6. The summed E-state index contributed by atoms with van der Waals surface area (Å²) in [6, 6.07) is 17.2. The number of imide groups is 1. The Labute approximate surface area is 248 Å². The number of allylic oxidation sites excluding steroid dienone is 1. The summed E-state index contributed by atoms with van der Waals surface area (Å²) in [5.74, 6) is -1.58. The number of amides is 2. The minimum Gasteiger partial charge on any atom is -0.461 e. The molecular weight excluding hydrogens is 528 g/mol. The lowest BCUT2D eigenvalue weighted by atomic mass is 9.47. The van der Waals surface area contributed by atoms with Crippen molar-refractivity contribution < 1.29 is 24.2 Å². The number of hydrogen-bond acceptors (Lipinski definition) is 6. The monoisotopic (exact) mass is 570 g/mol. The molecule has 4 atom stereocenters. The Balaban J connectivity index is 1.25. The SMILES string of the molecule is CC1CC(=O)N(c2ccccc2C(=O)OC[C@]23CCC[C@@]4(CCC=CC[C@]42O)CN(CCCc2ccccc2)C3)C1=O. The van der Waals surface area contributed by atoms with Gasteiger partial charge in [-0.15, -0.1) is 0 Å². The zero-order chi connectivity index (χ0) is 29.4. The van der Waals surface area contributed by atoms with Gasteiger partial charge in [0.05, 0.1) is 16.9 Å². The summed E-state index contributed by atoms with van der Waals surface area (Å²) in [6.07, 6.45) is 11.6. The first-order valence-electron chi connectivity index (χ1n) is 15.5. The van der Waals surface area contributed by atoms with E-state index in [1.54, 1.807) is 31.2 Å². The van der Waals surface area contributed by atoms with Crippen molar-refractivity contribution in [2.75, 3.05) is 31.1 Å². The molecule has 42 heavy (non-hydrogen) atoms. The van der Waals surface area contributed by atoms with Gasteiger partial charge in [-0.05, 0) is 69.2 Å². The predicted molar refractivity (Wildman–Crippen MR) is 161 cm³/mol. The lowest BCUT2D eigenvalue weighted by Crippen LogP contribution is -2.73. The van der Waals surface area contributed by atoms with Crippen LogP contribution in [-0.2, 0) is 20.7 Å². The standard InChI is InChI=1S/C35H42N2O5/c1-26-22-30(38)37(31(26)39)29-16-7-6-15-28(29)32(40)42-25-34-19-11-18-33(17-8-3-9-20-35(33,34)41)23-36(24-34)21-10-14-27-12-4-2-5-13-27/h2-7,9,12-13,15-16,26,41H,8,10-11,14,17-25H2,1H3/t26?,33-,34+,35-/m0/s1. The molecule has 0 aromatic heterocycles. The molecule has 2 aliphatic heterocycles. The maximum atomic E-state index is 13.7. The molecule has 1 N–H and O–H groups in total. The van der Waals surface area contributed by atoms with E-state index in [0.717, 1.165) is 62.9 Å². The molecule has 4 aliphatic rings. The Morgan fingerprint density at radius 1 is 1.00 bits per heavy atom. The number of rotatable bonds is 8.